The van der Waals surface area contributed by atoms with Gasteiger partial charge in [-0.2, -0.15) is 5.10 Å². The Hall–Kier alpha value is -2.60. The first kappa shape index (κ1) is 15.3. The normalized spacial score (nSPS) is 10.5. The summed E-state index contributed by atoms with van der Waals surface area (Å²) < 4.78 is 1.63. The Morgan fingerprint density at radius 2 is 1.96 bits per heavy atom. The van der Waals surface area contributed by atoms with Gasteiger partial charge in [-0.1, -0.05) is 30.3 Å². The molecule has 1 N–H and O–H groups in total. The van der Waals surface area contributed by atoms with Gasteiger partial charge in [0.15, 0.2) is 0 Å². The third kappa shape index (κ3) is 3.78. The van der Waals surface area contributed by atoms with Gasteiger partial charge in [0, 0.05) is 4.90 Å². The third-order valence-corrected chi connectivity index (χ3v) is 4.47. The van der Waals surface area contributed by atoms with Crippen LogP contribution < -0.4 is 5.32 Å². The number of aromatic nitrogens is 3. The molecule has 1 aromatic heterocycles. The zero-order chi connectivity index (χ0) is 16.1. The molecular formula is C17H16N4OS. The molecule has 6 heteroatoms. The van der Waals surface area contributed by atoms with Crippen molar-refractivity contribution < 1.29 is 4.79 Å². The monoisotopic (exact) mass is 324 g/mol. The highest BCUT2D eigenvalue weighted by Gasteiger charge is 2.09. The first-order valence-electron chi connectivity index (χ1n) is 7.16. The first-order valence-corrected chi connectivity index (χ1v) is 8.15. The molecule has 0 saturated carbocycles. The van der Waals surface area contributed by atoms with Gasteiger partial charge in [-0.25, -0.2) is 9.67 Å². The van der Waals surface area contributed by atoms with E-state index in [4.69, 9.17) is 0 Å². The fraction of sp³-hybridized carbons (Fsp3) is 0.118. The number of aryl methyl sites for hydroxylation is 1. The van der Waals surface area contributed by atoms with Crippen molar-refractivity contribution in [1.29, 1.82) is 0 Å². The highest BCUT2D eigenvalue weighted by atomic mass is 32.2. The molecule has 2 aromatic carbocycles. The fourth-order valence-electron chi connectivity index (χ4n) is 2.16. The number of benzene rings is 2. The van der Waals surface area contributed by atoms with Gasteiger partial charge in [-0.3, -0.25) is 4.79 Å². The fourth-order valence-corrected chi connectivity index (χ4v) is 2.99. The van der Waals surface area contributed by atoms with Crippen LogP contribution in [-0.4, -0.2) is 26.4 Å². The van der Waals surface area contributed by atoms with E-state index < -0.39 is 0 Å². The van der Waals surface area contributed by atoms with E-state index in [1.807, 2.05) is 55.5 Å². The van der Waals surface area contributed by atoms with Crippen molar-refractivity contribution in [2.75, 3.05) is 11.1 Å². The molecule has 3 aromatic rings. The van der Waals surface area contributed by atoms with Crippen LogP contribution in [0.3, 0.4) is 0 Å². The molecule has 0 saturated heterocycles. The van der Waals surface area contributed by atoms with Gasteiger partial charge in [-0.05, 0) is 30.7 Å². The van der Waals surface area contributed by atoms with Crippen LogP contribution in [0.5, 0.6) is 0 Å². The molecule has 1 heterocycles. The Morgan fingerprint density at radius 3 is 2.74 bits per heavy atom. The number of rotatable bonds is 5. The zero-order valence-corrected chi connectivity index (χ0v) is 13.5. The summed E-state index contributed by atoms with van der Waals surface area (Å²) in [5, 5.41) is 7.05. The lowest BCUT2D eigenvalue weighted by atomic mass is 10.2. The second-order valence-corrected chi connectivity index (χ2v) is 5.98. The van der Waals surface area contributed by atoms with Crippen LogP contribution >= 0.6 is 11.8 Å². The number of carbonyl (C=O) groups excluding carboxylic acids is 1. The van der Waals surface area contributed by atoms with Crippen LogP contribution in [0.2, 0.25) is 0 Å². The molecule has 0 unspecified atom stereocenters. The summed E-state index contributed by atoms with van der Waals surface area (Å²) in [6, 6.07) is 15.6. The zero-order valence-electron chi connectivity index (χ0n) is 12.6. The Kier molecular flexibility index (Phi) is 4.73. The van der Waals surface area contributed by atoms with Crippen molar-refractivity contribution in [2.24, 2.45) is 0 Å². The van der Waals surface area contributed by atoms with Gasteiger partial charge >= 0.3 is 0 Å². The summed E-state index contributed by atoms with van der Waals surface area (Å²) in [4.78, 5) is 17.3. The summed E-state index contributed by atoms with van der Waals surface area (Å²) in [5.41, 5.74) is 2.68. The summed E-state index contributed by atoms with van der Waals surface area (Å²) in [6.07, 6.45) is 3.07. The lowest BCUT2D eigenvalue weighted by molar-refractivity contribution is -0.113. The van der Waals surface area contributed by atoms with E-state index in [0.29, 0.717) is 11.4 Å². The molecule has 0 aliphatic rings. The number of carbonyl (C=O) groups is 1. The number of thioether (sulfide) groups is 1. The minimum absolute atomic E-state index is 0.0502. The minimum atomic E-state index is -0.0502. The summed E-state index contributed by atoms with van der Waals surface area (Å²) in [6.45, 7) is 2.04. The summed E-state index contributed by atoms with van der Waals surface area (Å²) in [5.74, 6) is 0.308. The van der Waals surface area contributed by atoms with Crippen LogP contribution in [0.15, 0.2) is 66.1 Å². The van der Waals surface area contributed by atoms with E-state index >= 15 is 0 Å². The van der Waals surface area contributed by atoms with Crippen molar-refractivity contribution in [3.05, 3.63) is 66.7 Å². The molecule has 3 rings (SSSR count). The molecule has 5 nitrogen and oxygen atoms in total. The smallest absolute Gasteiger partial charge is 0.234 e. The minimum Gasteiger partial charge on any atom is -0.323 e. The average molecular weight is 324 g/mol. The van der Waals surface area contributed by atoms with Gasteiger partial charge < -0.3 is 5.32 Å². The van der Waals surface area contributed by atoms with Crippen LogP contribution in [0.1, 0.15) is 5.56 Å². The predicted octanol–water partition coefficient (Wildman–Crippen LogP) is 3.31. The molecule has 0 aliphatic heterocycles. The largest absolute Gasteiger partial charge is 0.323 e. The maximum absolute atomic E-state index is 12.2. The van der Waals surface area contributed by atoms with Crippen molar-refractivity contribution in [2.45, 2.75) is 11.8 Å². The number of para-hydroxylation sites is 2. The first-order chi connectivity index (χ1) is 11.2. The highest BCUT2D eigenvalue weighted by Crippen LogP contribution is 2.23. The van der Waals surface area contributed by atoms with Crippen LogP contribution in [0, 0.1) is 6.92 Å². The Balaban J connectivity index is 1.68. The van der Waals surface area contributed by atoms with Gasteiger partial charge in [0.1, 0.15) is 12.7 Å². The topological polar surface area (TPSA) is 59.8 Å². The number of anilines is 1. The number of hydrogen-bond donors (Lipinski definition) is 1. The SMILES string of the molecule is Cc1ccccc1SCC(=O)Nc1ccccc1-n1cncn1. The Bertz CT molecular complexity index is 802. The maximum Gasteiger partial charge on any atom is 0.234 e. The number of hydrogen-bond acceptors (Lipinski definition) is 4. The van der Waals surface area contributed by atoms with Crippen molar-refractivity contribution in [1.82, 2.24) is 14.8 Å². The van der Waals surface area contributed by atoms with Gasteiger partial charge in [0.2, 0.25) is 5.91 Å². The van der Waals surface area contributed by atoms with Gasteiger partial charge in [0.05, 0.1) is 17.1 Å². The lowest BCUT2D eigenvalue weighted by Gasteiger charge is -2.11. The van der Waals surface area contributed by atoms with E-state index in [1.165, 1.54) is 23.7 Å². The average Bonchev–Trinajstić information content (AvgIpc) is 3.09. The summed E-state index contributed by atoms with van der Waals surface area (Å²) >= 11 is 1.53. The standard InChI is InChI=1S/C17H16N4OS/c1-13-6-2-5-9-16(13)23-10-17(22)20-14-7-3-4-8-15(14)21-12-18-11-19-21/h2-9,11-12H,10H2,1H3,(H,20,22). The number of amides is 1. The summed E-state index contributed by atoms with van der Waals surface area (Å²) in [7, 11) is 0. The molecule has 23 heavy (non-hydrogen) atoms. The van der Waals surface area contributed by atoms with E-state index in [9.17, 15) is 4.79 Å². The van der Waals surface area contributed by atoms with Crippen LogP contribution in [0.25, 0.3) is 5.69 Å². The quantitative estimate of drug-likeness (QED) is 0.732. The van der Waals surface area contributed by atoms with Crippen molar-refractivity contribution in [3.8, 4) is 5.69 Å². The van der Waals surface area contributed by atoms with E-state index in [2.05, 4.69) is 15.4 Å². The molecule has 1 amide bonds. The van der Waals surface area contributed by atoms with Crippen LogP contribution in [0.4, 0.5) is 5.69 Å². The lowest BCUT2D eigenvalue weighted by Crippen LogP contribution is -2.16. The number of nitrogens with one attached hydrogen (secondary N) is 1. The van der Waals surface area contributed by atoms with Gasteiger partial charge in [0.25, 0.3) is 0 Å². The molecule has 0 spiro atoms. The second-order valence-electron chi connectivity index (χ2n) is 4.96. The van der Waals surface area contributed by atoms with Crippen molar-refractivity contribution >= 4 is 23.4 Å². The highest BCUT2D eigenvalue weighted by molar-refractivity contribution is 8.00. The number of nitrogens with zero attached hydrogens (tertiary/aromatic N) is 3. The van der Waals surface area contributed by atoms with E-state index in [-0.39, 0.29) is 5.91 Å². The van der Waals surface area contributed by atoms with Gasteiger partial charge in [-0.15, -0.1) is 11.8 Å². The molecular weight excluding hydrogens is 308 g/mol. The van der Waals surface area contributed by atoms with Crippen molar-refractivity contribution in [3.63, 3.8) is 0 Å². The van der Waals surface area contributed by atoms with Crippen LogP contribution in [-0.2, 0) is 4.79 Å². The maximum atomic E-state index is 12.2. The molecule has 116 valence electrons. The Morgan fingerprint density at radius 1 is 1.17 bits per heavy atom. The molecule has 0 aliphatic carbocycles. The molecule has 0 fully saturated rings. The third-order valence-electron chi connectivity index (χ3n) is 3.30. The van der Waals surface area contributed by atoms with E-state index in [1.54, 1.807) is 11.0 Å². The molecule has 0 atom stereocenters. The second kappa shape index (κ2) is 7.11. The Labute approximate surface area is 138 Å². The van der Waals surface area contributed by atoms with E-state index in [0.717, 1.165) is 10.6 Å². The molecule has 0 bridgehead atoms. The predicted molar refractivity (Wildman–Crippen MR) is 91.9 cm³/mol. The molecule has 0 radical (unpaired) electrons.